The fraction of sp³-hybridized carbons (Fsp3) is 1.00. The predicted molar refractivity (Wildman–Crippen MR) is 78.3 cm³/mol. The lowest BCUT2D eigenvalue weighted by Gasteiger charge is -2.05. The normalized spacial score (nSPS) is 11.9. The van der Waals surface area contributed by atoms with Gasteiger partial charge < -0.3 is 5.32 Å². The molecule has 110 valence electrons. The molecule has 0 unspecified atom stereocenters. The van der Waals surface area contributed by atoms with Gasteiger partial charge in [-0.25, -0.2) is 13.1 Å². The Morgan fingerprint density at radius 3 is 1.89 bits per heavy atom. The highest BCUT2D eigenvalue weighted by Crippen LogP contribution is 2.07. The van der Waals surface area contributed by atoms with Gasteiger partial charge in [0.2, 0.25) is 10.0 Å². The van der Waals surface area contributed by atoms with Crippen LogP contribution in [0.15, 0.2) is 0 Å². The van der Waals surface area contributed by atoms with E-state index < -0.39 is 10.0 Å². The summed E-state index contributed by atoms with van der Waals surface area (Å²) in [6.45, 7) is 4.42. The van der Waals surface area contributed by atoms with Crippen LogP contribution in [-0.2, 0) is 10.0 Å². The number of nitrogens with one attached hydrogen (secondary N) is 2. The van der Waals surface area contributed by atoms with Crippen molar-refractivity contribution in [1.29, 1.82) is 0 Å². The third kappa shape index (κ3) is 15.9. The van der Waals surface area contributed by atoms with Crippen molar-refractivity contribution in [2.24, 2.45) is 0 Å². The highest BCUT2D eigenvalue weighted by molar-refractivity contribution is 7.88. The molecule has 18 heavy (non-hydrogen) atoms. The summed E-state index contributed by atoms with van der Waals surface area (Å²) in [6.07, 6.45) is 11.8. The monoisotopic (exact) mass is 278 g/mol. The summed E-state index contributed by atoms with van der Waals surface area (Å²) < 4.78 is 24.0. The Balaban J connectivity index is 3.03. The second-order valence-electron chi connectivity index (χ2n) is 4.89. The van der Waals surface area contributed by atoms with Crippen molar-refractivity contribution in [2.75, 3.05) is 25.9 Å². The maximum absolute atomic E-state index is 10.8. The third-order valence-corrected chi connectivity index (χ3v) is 3.60. The summed E-state index contributed by atoms with van der Waals surface area (Å²) in [5, 5.41) is 3.24. The molecular formula is C13H30N2O2S. The summed E-state index contributed by atoms with van der Waals surface area (Å²) in [4.78, 5) is 0. The molecule has 0 heterocycles. The Kier molecular flexibility index (Phi) is 11.8. The number of hydrogen-bond acceptors (Lipinski definition) is 3. The van der Waals surface area contributed by atoms with Crippen LogP contribution in [0, 0.1) is 0 Å². The largest absolute Gasteiger partial charge is 0.315 e. The van der Waals surface area contributed by atoms with E-state index in [0.29, 0.717) is 13.1 Å². The quantitative estimate of drug-likeness (QED) is 0.508. The van der Waals surface area contributed by atoms with Gasteiger partial charge in [0.15, 0.2) is 0 Å². The van der Waals surface area contributed by atoms with Crippen LogP contribution >= 0.6 is 0 Å². The van der Waals surface area contributed by atoms with Crippen molar-refractivity contribution >= 4 is 10.0 Å². The number of hydrogen-bond donors (Lipinski definition) is 2. The van der Waals surface area contributed by atoms with Crippen LogP contribution in [0.5, 0.6) is 0 Å². The predicted octanol–water partition coefficient (Wildman–Crippen LogP) is 2.27. The van der Waals surface area contributed by atoms with Crippen molar-refractivity contribution in [3.05, 3.63) is 0 Å². The van der Waals surface area contributed by atoms with E-state index in [1.807, 2.05) is 0 Å². The summed E-state index contributed by atoms with van der Waals surface area (Å²) in [5.41, 5.74) is 0. The van der Waals surface area contributed by atoms with E-state index in [-0.39, 0.29) is 0 Å². The van der Waals surface area contributed by atoms with E-state index >= 15 is 0 Å². The molecule has 0 aromatic rings. The van der Waals surface area contributed by atoms with Gasteiger partial charge in [-0.3, -0.25) is 0 Å². The molecule has 0 amide bonds. The van der Waals surface area contributed by atoms with Gasteiger partial charge in [-0.15, -0.1) is 0 Å². The molecule has 0 atom stereocenters. The smallest absolute Gasteiger partial charge is 0.208 e. The molecule has 2 N–H and O–H groups in total. The van der Waals surface area contributed by atoms with Crippen LogP contribution in [-0.4, -0.2) is 34.3 Å². The SMILES string of the molecule is CCCCCCCCCCNCCNS(C)(=O)=O. The van der Waals surface area contributed by atoms with Gasteiger partial charge >= 0.3 is 0 Å². The Morgan fingerprint density at radius 1 is 0.778 bits per heavy atom. The maximum Gasteiger partial charge on any atom is 0.208 e. The fourth-order valence-electron chi connectivity index (χ4n) is 1.83. The van der Waals surface area contributed by atoms with Crippen molar-refractivity contribution in [3.8, 4) is 0 Å². The molecule has 0 aromatic carbocycles. The molecule has 0 aliphatic rings. The first kappa shape index (κ1) is 17.9. The molecule has 0 rings (SSSR count). The van der Waals surface area contributed by atoms with E-state index in [0.717, 1.165) is 6.54 Å². The van der Waals surface area contributed by atoms with Gasteiger partial charge in [-0.05, 0) is 13.0 Å². The average molecular weight is 278 g/mol. The molecule has 4 nitrogen and oxygen atoms in total. The first-order valence-corrected chi connectivity index (χ1v) is 9.10. The zero-order chi connectivity index (χ0) is 13.7. The Labute approximate surface area is 113 Å². The van der Waals surface area contributed by atoms with E-state index in [4.69, 9.17) is 0 Å². The van der Waals surface area contributed by atoms with Crippen LogP contribution in [0.3, 0.4) is 0 Å². The van der Waals surface area contributed by atoms with Gasteiger partial charge in [0.25, 0.3) is 0 Å². The van der Waals surface area contributed by atoms with Crippen molar-refractivity contribution in [1.82, 2.24) is 10.0 Å². The number of sulfonamides is 1. The van der Waals surface area contributed by atoms with Gasteiger partial charge in [0.1, 0.15) is 0 Å². The van der Waals surface area contributed by atoms with E-state index in [1.54, 1.807) is 0 Å². The van der Waals surface area contributed by atoms with Gasteiger partial charge in [0.05, 0.1) is 6.26 Å². The van der Waals surface area contributed by atoms with E-state index in [2.05, 4.69) is 17.0 Å². The van der Waals surface area contributed by atoms with Crippen LogP contribution in [0.1, 0.15) is 58.3 Å². The molecule has 0 fully saturated rings. The van der Waals surface area contributed by atoms with Gasteiger partial charge in [-0.2, -0.15) is 0 Å². The van der Waals surface area contributed by atoms with Crippen LogP contribution in [0.2, 0.25) is 0 Å². The molecule has 5 heteroatoms. The molecule has 0 aromatic heterocycles. The molecular weight excluding hydrogens is 248 g/mol. The maximum atomic E-state index is 10.8. The minimum atomic E-state index is -3.03. The summed E-state index contributed by atoms with van der Waals surface area (Å²) >= 11 is 0. The number of rotatable bonds is 13. The first-order valence-electron chi connectivity index (χ1n) is 7.21. The highest BCUT2D eigenvalue weighted by Gasteiger charge is 1.97. The first-order chi connectivity index (χ1) is 8.56. The Morgan fingerprint density at radius 2 is 1.33 bits per heavy atom. The minimum Gasteiger partial charge on any atom is -0.315 e. The Hall–Kier alpha value is -0.130. The van der Waals surface area contributed by atoms with Crippen molar-refractivity contribution < 1.29 is 8.42 Å². The van der Waals surface area contributed by atoms with E-state index in [9.17, 15) is 8.42 Å². The van der Waals surface area contributed by atoms with E-state index in [1.165, 1.54) is 57.6 Å². The Bertz CT molecular complexity index is 266. The summed E-state index contributed by atoms with van der Waals surface area (Å²) in [7, 11) is -3.03. The summed E-state index contributed by atoms with van der Waals surface area (Å²) in [6, 6.07) is 0. The summed E-state index contributed by atoms with van der Waals surface area (Å²) in [5.74, 6) is 0. The molecule has 0 aliphatic carbocycles. The topological polar surface area (TPSA) is 58.2 Å². The highest BCUT2D eigenvalue weighted by atomic mass is 32.2. The van der Waals surface area contributed by atoms with Crippen LogP contribution in [0.25, 0.3) is 0 Å². The number of unbranched alkanes of at least 4 members (excludes halogenated alkanes) is 7. The van der Waals surface area contributed by atoms with Crippen LogP contribution in [0.4, 0.5) is 0 Å². The zero-order valence-electron chi connectivity index (χ0n) is 12.0. The molecule has 0 saturated carbocycles. The molecule has 0 radical (unpaired) electrons. The minimum absolute atomic E-state index is 0.482. The third-order valence-electron chi connectivity index (χ3n) is 2.87. The fourth-order valence-corrected chi connectivity index (χ4v) is 2.31. The van der Waals surface area contributed by atoms with Gasteiger partial charge in [-0.1, -0.05) is 51.9 Å². The van der Waals surface area contributed by atoms with Crippen LogP contribution < -0.4 is 10.0 Å². The van der Waals surface area contributed by atoms with Gasteiger partial charge in [0, 0.05) is 13.1 Å². The lowest BCUT2D eigenvalue weighted by Crippen LogP contribution is -2.31. The molecule has 0 bridgehead atoms. The average Bonchev–Trinajstić information content (AvgIpc) is 2.29. The zero-order valence-corrected chi connectivity index (χ0v) is 12.8. The second-order valence-corrected chi connectivity index (χ2v) is 6.72. The molecule has 0 spiro atoms. The molecule has 0 saturated heterocycles. The lowest BCUT2D eigenvalue weighted by molar-refractivity contribution is 0.551. The van der Waals surface area contributed by atoms with Crippen molar-refractivity contribution in [3.63, 3.8) is 0 Å². The van der Waals surface area contributed by atoms with Crippen molar-refractivity contribution in [2.45, 2.75) is 58.3 Å². The lowest BCUT2D eigenvalue weighted by atomic mass is 10.1. The molecule has 0 aliphatic heterocycles. The second kappa shape index (κ2) is 11.9. The standard InChI is InChI=1S/C13H30N2O2S/c1-3-4-5-6-7-8-9-10-11-14-12-13-15-18(2,16)17/h14-15H,3-13H2,1-2H3.